The molecule has 1 heterocycles. The van der Waals surface area contributed by atoms with Crippen LogP contribution in [0.25, 0.3) is 0 Å². The first-order valence-corrected chi connectivity index (χ1v) is 7.52. The highest BCUT2D eigenvalue weighted by molar-refractivity contribution is 6.62. The van der Waals surface area contributed by atoms with E-state index >= 15 is 0 Å². The Balaban J connectivity index is 2.20. The maximum absolute atomic E-state index is 14.0. The second-order valence-electron chi connectivity index (χ2n) is 6.51. The van der Waals surface area contributed by atoms with E-state index in [-0.39, 0.29) is 6.61 Å². The molecule has 1 aromatic rings. The predicted molar refractivity (Wildman–Crippen MR) is 82.7 cm³/mol. The van der Waals surface area contributed by atoms with Crippen LogP contribution in [-0.4, -0.2) is 30.9 Å². The van der Waals surface area contributed by atoms with Crippen molar-refractivity contribution in [2.45, 2.75) is 51.7 Å². The van der Waals surface area contributed by atoms with Crippen molar-refractivity contribution in [2.24, 2.45) is 0 Å². The van der Waals surface area contributed by atoms with Gasteiger partial charge in [0.25, 0.3) is 0 Å². The summed E-state index contributed by atoms with van der Waals surface area (Å²) in [5.41, 5.74) is -0.820. The fourth-order valence-electron chi connectivity index (χ4n) is 2.17. The van der Waals surface area contributed by atoms with E-state index in [4.69, 9.17) is 9.31 Å². The van der Waals surface area contributed by atoms with Crippen molar-refractivity contribution < 1.29 is 27.6 Å². The molecule has 0 aromatic heterocycles. The van der Waals surface area contributed by atoms with E-state index in [0.29, 0.717) is 5.46 Å². The Hall–Kier alpha value is -1.47. The fraction of sp³-hybridized carbons (Fsp3) is 0.562. The van der Waals surface area contributed by atoms with Gasteiger partial charge in [-0.3, -0.25) is 0 Å². The molecule has 1 fully saturated rings. The summed E-state index contributed by atoms with van der Waals surface area (Å²) in [4.78, 5) is 11.4. The van der Waals surface area contributed by atoms with Gasteiger partial charge in [0.15, 0.2) is 0 Å². The molecule has 0 saturated carbocycles. The van der Waals surface area contributed by atoms with Crippen LogP contribution in [0.2, 0.25) is 0 Å². The lowest BCUT2D eigenvalue weighted by Crippen LogP contribution is -2.41. The maximum Gasteiger partial charge on any atom is 0.494 e. The van der Waals surface area contributed by atoms with Crippen molar-refractivity contribution in [3.8, 4) is 0 Å². The zero-order chi connectivity index (χ0) is 17.5. The molecule has 1 aliphatic rings. The van der Waals surface area contributed by atoms with Crippen LogP contribution in [0.4, 0.5) is 8.78 Å². The van der Waals surface area contributed by atoms with Crippen LogP contribution in [-0.2, 0) is 24.8 Å². The van der Waals surface area contributed by atoms with Gasteiger partial charge in [0.2, 0.25) is 0 Å². The molecule has 4 nitrogen and oxygen atoms in total. The average molecular weight is 326 g/mol. The topological polar surface area (TPSA) is 44.8 Å². The standard InChI is InChI=1S/C16H21BF2O4/c1-6-21-13(20)16(18,19)11-7-9-12(10-8-11)17-22-14(2,3)15(4,5)23-17/h7-10H,6H2,1-5H3. The van der Waals surface area contributed by atoms with Crippen molar-refractivity contribution in [3.63, 3.8) is 0 Å². The summed E-state index contributed by atoms with van der Waals surface area (Å²) in [6.07, 6.45) is 0. The molecule has 1 aromatic carbocycles. The van der Waals surface area contributed by atoms with Gasteiger partial charge in [0.05, 0.1) is 17.8 Å². The van der Waals surface area contributed by atoms with Gasteiger partial charge in [-0.1, -0.05) is 24.3 Å². The Bertz CT molecular complexity index is 568. The third kappa shape index (κ3) is 3.26. The third-order valence-electron chi connectivity index (χ3n) is 4.33. The molecule has 0 aliphatic carbocycles. The summed E-state index contributed by atoms with van der Waals surface area (Å²) >= 11 is 0. The molecule has 126 valence electrons. The molecule has 0 bridgehead atoms. The van der Waals surface area contributed by atoms with Gasteiger partial charge in [-0.25, -0.2) is 4.79 Å². The van der Waals surface area contributed by atoms with E-state index in [2.05, 4.69) is 4.74 Å². The smallest absolute Gasteiger partial charge is 0.461 e. The van der Waals surface area contributed by atoms with Crippen LogP contribution in [0.3, 0.4) is 0 Å². The second-order valence-corrected chi connectivity index (χ2v) is 6.51. The van der Waals surface area contributed by atoms with Crippen molar-refractivity contribution >= 4 is 18.6 Å². The summed E-state index contributed by atoms with van der Waals surface area (Å²) < 4.78 is 44.0. The molecule has 0 radical (unpaired) electrons. The molecule has 23 heavy (non-hydrogen) atoms. The lowest BCUT2D eigenvalue weighted by atomic mass is 9.78. The van der Waals surface area contributed by atoms with Gasteiger partial charge in [-0.05, 0) is 40.1 Å². The number of esters is 1. The van der Waals surface area contributed by atoms with Crippen LogP contribution in [0.1, 0.15) is 40.2 Å². The maximum atomic E-state index is 14.0. The molecule has 0 amide bonds. The van der Waals surface area contributed by atoms with Crippen LogP contribution < -0.4 is 5.46 Å². The summed E-state index contributed by atoms with van der Waals surface area (Å²) in [5, 5.41) is 0. The van der Waals surface area contributed by atoms with E-state index in [0.717, 1.165) is 0 Å². The largest absolute Gasteiger partial charge is 0.494 e. The summed E-state index contributed by atoms with van der Waals surface area (Å²) in [5.74, 6) is -5.23. The highest BCUT2D eigenvalue weighted by Crippen LogP contribution is 2.36. The zero-order valence-corrected chi connectivity index (χ0v) is 14.0. The van der Waals surface area contributed by atoms with Crippen LogP contribution in [0, 0.1) is 0 Å². The molecule has 7 heteroatoms. The molecule has 0 N–H and O–H groups in total. The van der Waals surface area contributed by atoms with Gasteiger partial charge >= 0.3 is 19.0 Å². The van der Waals surface area contributed by atoms with E-state index in [1.54, 1.807) is 0 Å². The Morgan fingerprint density at radius 3 is 2.04 bits per heavy atom. The second kappa shape index (κ2) is 5.87. The van der Waals surface area contributed by atoms with Gasteiger partial charge < -0.3 is 14.0 Å². The minimum atomic E-state index is -3.68. The molecular formula is C16H21BF2O4. The normalized spacial score (nSPS) is 19.7. The monoisotopic (exact) mass is 326 g/mol. The molecule has 1 aliphatic heterocycles. The first-order valence-electron chi connectivity index (χ1n) is 7.52. The van der Waals surface area contributed by atoms with Gasteiger partial charge in [0, 0.05) is 5.56 Å². The molecule has 0 atom stereocenters. The predicted octanol–water partition coefficient (Wildman–Crippen LogP) is 2.64. The quantitative estimate of drug-likeness (QED) is 0.630. The van der Waals surface area contributed by atoms with Crippen LogP contribution in [0.5, 0.6) is 0 Å². The number of halogens is 2. The molecular weight excluding hydrogens is 305 g/mol. The highest BCUT2D eigenvalue weighted by atomic mass is 19.3. The minimum Gasteiger partial charge on any atom is -0.461 e. The number of alkyl halides is 2. The van der Waals surface area contributed by atoms with Crippen molar-refractivity contribution in [3.05, 3.63) is 29.8 Å². The lowest BCUT2D eigenvalue weighted by Gasteiger charge is -2.32. The highest BCUT2D eigenvalue weighted by Gasteiger charge is 2.52. The Kier molecular flexibility index (Phi) is 4.56. The summed E-state index contributed by atoms with van der Waals surface area (Å²) in [6, 6.07) is 5.34. The van der Waals surface area contributed by atoms with Crippen LogP contribution >= 0.6 is 0 Å². The SMILES string of the molecule is CCOC(=O)C(F)(F)c1ccc(B2OC(C)(C)C(C)(C)O2)cc1. The van der Waals surface area contributed by atoms with Gasteiger partial charge in [-0.2, -0.15) is 8.78 Å². The molecule has 0 unspecified atom stereocenters. The number of carbonyl (C=O) groups excluding carboxylic acids is 1. The number of hydrogen-bond acceptors (Lipinski definition) is 4. The number of ether oxygens (including phenoxy) is 1. The molecule has 0 spiro atoms. The van der Waals surface area contributed by atoms with E-state index < -0.39 is 35.8 Å². The van der Waals surface area contributed by atoms with Crippen molar-refractivity contribution in [1.29, 1.82) is 0 Å². The van der Waals surface area contributed by atoms with Crippen molar-refractivity contribution in [1.82, 2.24) is 0 Å². The average Bonchev–Trinajstić information content (AvgIpc) is 2.68. The first kappa shape index (κ1) is 17.9. The lowest BCUT2D eigenvalue weighted by molar-refractivity contribution is -0.173. The minimum absolute atomic E-state index is 0.0968. The first-order chi connectivity index (χ1) is 10.5. The Morgan fingerprint density at radius 2 is 1.61 bits per heavy atom. The number of rotatable bonds is 4. The van der Waals surface area contributed by atoms with E-state index in [1.165, 1.54) is 31.2 Å². The number of hydrogen-bond donors (Lipinski definition) is 0. The van der Waals surface area contributed by atoms with Crippen LogP contribution in [0.15, 0.2) is 24.3 Å². The van der Waals surface area contributed by atoms with Crippen molar-refractivity contribution in [2.75, 3.05) is 6.61 Å². The number of benzene rings is 1. The Labute approximate surface area is 135 Å². The molecule has 2 rings (SSSR count). The summed E-state index contributed by atoms with van der Waals surface area (Å²) in [7, 11) is -0.634. The number of carbonyl (C=O) groups is 1. The fourth-order valence-corrected chi connectivity index (χ4v) is 2.17. The van der Waals surface area contributed by atoms with E-state index in [1.807, 2.05) is 27.7 Å². The summed E-state index contributed by atoms with van der Waals surface area (Å²) in [6.45, 7) is 9.04. The zero-order valence-electron chi connectivity index (χ0n) is 14.0. The van der Waals surface area contributed by atoms with E-state index in [9.17, 15) is 13.6 Å². The Morgan fingerprint density at radius 1 is 1.13 bits per heavy atom. The van der Waals surface area contributed by atoms with Gasteiger partial charge in [0.1, 0.15) is 0 Å². The van der Waals surface area contributed by atoms with Gasteiger partial charge in [-0.15, -0.1) is 0 Å². The third-order valence-corrected chi connectivity index (χ3v) is 4.33. The molecule has 1 saturated heterocycles.